The van der Waals surface area contributed by atoms with Crippen molar-refractivity contribution < 1.29 is 14.7 Å². The van der Waals surface area contributed by atoms with Crippen LogP contribution in [0.1, 0.15) is 5.56 Å². The summed E-state index contributed by atoms with van der Waals surface area (Å²) in [4.78, 5) is 26.9. The fourth-order valence-electron chi connectivity index (χ4n) is 3.40. The molecular formula is C21H19N3O3. The van der Waals surface area contributed by atoms with E-state index in [2.05, 4.69) is 5.32 Å². The third-order valence-electron chi connectivity index (χ3n) is 4.65. The van der Waals surface area contributed by atoms with Gasteiger partial charge in [-0.2, -0.15) is 0 Å². The summed E-state index contributed by atoms with van der Waals surface area (Å²) >= 11 is 0. The van der Waals surface area contributed by atoms with Crippen LogP contribution in [0.15, 0.2) is 60.8 Å². The van der Waals surface area contributed by atoms with Crippen molar-refractivity contribution in [2.24, 2.45) is 7.05 Å². The first-order valence-electron chi connectivity index (χ1n) is 8.69. The third-order valence-corrected chi connectivity index (χ3v) is 4.65. The van der Waals surface area contributed by atoms with Crippen molar-refractivity contribution in [3.63, 3.8) is 0 Å². The van der Waals surface area contributed by atoms with Crippen LogP contribution in [0, 0.1) is 0 Å². The molecule has 6 heteroatoms. The van der Waals surface area contributed by atoms with Gasteiger partial charge in [0.15, 0.2) is 0 Å². The number of aliphatic hydroxyl groups excluding tert-OH is 1. The highest BCUT2D eigenvalue weighted by molar-refractivity contribution is 6.44. The Hall–Kier alpha value is -3.38. The summed E-state index contributed by atoms with van der Waals surface area (Å²) in [6.45, 7) is 0.427. The van der Waals surface area contributed by atoms with E-state index in [1.54, 1.807) is 18.3 Å². The average Bonchev–Trinajstić information content (AvgIpc) is 3.16. The van der Waals surface area contributed by atoms with Crippen LogP contribution in [0.25, 0.3) is 16.5 Å². The van der Waals surface area contributed by atoms with Gasteiger partial charge in [0.2, 0.25) is 0 Å². The number of carbonyl (C=O) groups is 2. The van der Waals surface area contributed by atoms with Crippen LogP contribution in [-0.2, 0) is 16.6 Å². The lowest BCUT2D eigenvalue weighted by molar-refractivity contribution is -0.119. The maximum atomic E-state index is 13.1. The highest BCUT2D eigenvalue weighted by Gasteiger charge is 2.34. The summed E-state index contributed by atoms with van der Waals surface area (Å²) in [5.41, 5.74) is 3.35. The van der Waals surface area contributed by atoms with Gasteiger partial charge in [0.25, 0.3) is 11.8 Å². The molecule has 2 aromatic carbocycles. The van der Waals surface area contributed by atoms with Crippen molar-refractivity contribution in [2.45, 2.75) is 0 Å². The van der Waals surface area contributed by atoms with E-state index in [1.165, 1.54) is 11.0 Å². The van der Waals surface area contributed by atoms with Crippen LogP contribution in [0.5, 0.6) is 0 Å². The van der Waals surface area contributed by atoms with Gasteiger partial charge in [0.1, 0.15) is 0 Å². The van der Waals surface area contributed by atoms with Crippen molar-refractivity contribution in [1.29, 1.82) is 0 Å². The largest absolute Gasteiger partial charge is 0.395 e. The summed E-state index contributed by atoms with van der Waals surface area (Å²) in [5, 5.41) is 12.9. The van der Waals surface area contributed by atoms with Gasteiger partial charge in [-0.3, -0.25) is 9.59 Å². The molecule has 27 heavy (non-hydrogen) atoms. The number of aromatic nitrogens is 1. The molecule has 0 saturated carbocycles. The van der Waals surface area contributed by atoms with E-state index >= 15 is 0 Å². The molecule has 2 heterocycles. The molecule has 0 spiro atoms. The van der Waals surface area contributed by atoms with Crippen LogP contribution in [0.2, 0.25) is 0 Å². The molecule has 136 valence electrons. The van der Waals surface area contributed by atoms with E-state index in [9.17, 15) is 9.59 Å². The number of amides is 2. The summed E-state index contributed by atoms with van der Waals surface area (Å²) in [6.07, 6.45) is 3.19. The minimum atomic E-state index is -0.347. The zero-order valence-electron chi connectivity index (χ0n) is 14.8. The van der Waals surface area contributed by atoms with Crippen LogP contribution < -0.4 is 10.2 Å². The standard InChI is InChI=1S/C21H19N3O3/c1-23-13-19(16-7-2-3-8-18(16)23)24-20(26)12-17(21(24)27)14-5-4-6-15(11-14)22-9-10-25/h2-8,11-13,22,25H,9-10H2,1H3. The van der Waals surface area contributed by atoms with Gasteiger partial charge in [-0.05, 0) is 23.8 Å². The summed E-state index contributed by atoms with van der Waals surface area (Å²) < 4.78 is 1.91. The molecule has 0 atom stereocenters. The van der Waals surface area contributed by atoms with Crippen molar-refractivity contribution >= 4 is 39.7 Å². The lowest BCUT2D eigenvalue weighted by atomic mass is 10.1. The first-order chi connectivity index (χ1) is 13.1. The SMILES string of the molecule is Cn1cc(N2C(=O)C=C(c3cccc(NCCO)c3)C2=O)c2ccccc21. The van der Waals surface area contributed by atoms with Gasteiger partial charge < -0.3 is 15.0 Å². The van der Waals surface area contributed by atoms with E-state index < -0.39 is 0 Å². The van der Waals surface area contributed by atoms with Crippen LogP contribution in [0.4, 0.5) is 11.4 Å². The van der Waals surface area contributed by atoms with Gasteiger partial charge in [0.05, 0.1) is 17.9 Å². The Balaban J connectivity index is 1.70. The number of fused-ring (bicyclic) bond motifs is 1. The Kier molecular flexibility index (Phi) is 4.25. The third kappa shape index (κ3) is 2.90. The van der Waals surface area contributed by atoms with Crippen molar-refractivity contribution in [3.8, 4) is 0 Å². The number of hydrogen-bond acceptors (Lipinski definition) is 4. The number of hydrogen-bond donors (Lipinski definition) is 2. The second kappa shape index (κ2) is 6.74. The highest BCUT2D eigenvalue weighted by atomic mass is 16.3. The van der Waals surface area contributed by atoms with E-state index in [4.69, 9.17) is 5.11 Å². The number of benzene rings is 2. The quantitative estimate of drug-likeness (QED) is 0.685. The maximum absolute atomic E-state index is 13.1. The number of nitrogens with one attached hydrogen (secondary N) is 1. The second-order valence-corrected chi connectivity index (χ2v) is 6.41. The number of aryl methyl sites for hydroxylation is 1. The first kappa shape index (κ1) is 17.1. The molecule has 4 rings (SSSR count). The molecule has 2 amide bonds. The van der Waals surface area contributed by atoms with E-state index in [0.29, 0.717) is 23.4 Å². The Morgan fingerprint density at radius 1 is 1.07 bits per heavy atom. The van der Waals surface area contributed by atoms with Gasteiger partial charge in [-0.1, -0.05) is 30.3 Å². The topological polar surface area (TPSA) is 74.6 Å². The van der Waals surface area contributed by atoms with Crippen molar-refractivity contribution in [1.82, 2.24) is 4.57 Å². The summed E-state index contributed by atoms with van der Waals surface area (Å²) in [7, 11) is 1.89. The lowest BCUT2D eigenvalue weighted by Gasteiger charge is -2.14. The Bertz CT molecular complexity index is 1080. The number of rotatable bonds is 5. The Labute approximate surface area is 156 Å². The molecule has 6 nitrogen and oxygen atoms in total. The first-order valence-corrected chi connectivity index (χ1v) is 8.69. The predicted molar refractivity (Wildman–Crippen MR) is 105 cm³/mol. The van der Waals surface area contributed by atoms with Crippen molar-refractivity contribution in [3.05, 3.63) is 66.4 Å². The molecule has 1 aliphatic heterocycles. The van der Waals surface area contributed by atoms with Crippen LogP contribution in [-0.4, -0.2) is 34.6 Å². The molecule has 1 aromatic heterocycles. The van der Waals surface area contributed by atoms with Crippen molar-refractivity contribution in [2.75, 3.05) is 23.4 Å². The molecule has 3 aromatic rings. The summed E-state index contributed by atoms with van der Waals surface area (Å²) in [5.74, 6) is -0.685. The smallest absolute Gasteiger partial charge is 0.266 e. The second-order valence-electron chi connectivity index (χ2n) is 6.41. The van der Waals surface area contributed by atoms with Gasteiger partial charge >= 0.3 is 0 Å². The zero-order chi connectivity index (χ0) is 19.0. The fraction of sp³-hybridized carbons (Fsp3) is 0.143. The van der Waals surface area contributed by atoms with Gasteiger partial charge in [-0.15, -0.1) is 0 Å². The number of imide groups is 1. The molecule has 2 N–H and O–H groups in total. The molecule has 0 saturated heterocycles. The Morgan fingerprint density at radius 3 is 2.70 bits per heavy atom. The van der Waals surface area contributed by atoms with Gasteiger partial charge in [0, 0.05) is 42.5 Å². The molecule has 0 fully saturated rings. The maximum Gasteiger partial charge on any atom is 0.266 e. The lowest BCUT2D eigenvalue weighted by Crippen LogP contribution is -2.30. The van der Waals surface area contributed by atoms with E-state index in [0.717, 1.165) is 16.6 Å². The molecule has 0 bridgehead atoms. The minimum absolute atomic E-state index is 0.0131. The summed E-state index contributed by atoms with van der Waals surface area (Å²) in [6, 6.07) is 14.9. The predicted octanol–water partition coefficient (Wildman–Crippen LogP) is 2.54. The molecule has 0 radical (unpaired) electrons. The number of para-hydroxylation sites is 1. The number of carbonyl (C=O) groups excluding carboxylic acids is 2. The molecule has 0 aliphatic carbocycles. The fourth-order valence-corrected chi connectivity index (χ4v) is 3.40. The van der Waals surface area contributed by atoms with E-state index in [-0.39, 0.29) is 18.4 Å². The highest BCUT2D eigenvalue weighted by Crippen LogP contribution is 2.34. The number of anilines is 2. The van der Waals surface area contributed by atoms with Crippen LogP contribution >= 0.6 is 0 Å². The zero-order valence-corrected chi connectivity index (χ0v) is 14.8. The van der Waals surface area contributed by atoms with Gasteiger partial charge in [-0.25, -0.2) is 4.90 Å². The number of nitrogens with zero attached hydrogens (tertiary/aromatic N) is 2. The number of aliphatic hydroxyl groups is 1. The minimum Gasteiger partial charge on any atom is -0.395 e. The average molecular weight is 361 g/mol. The molecular weight excluding hydrogens is 342 g/mol. The van der Waals surface area contributed by atoms with Crippen LogP contribution in [0.3, 0.4) is 0 Å². The normalized spacial score (nSPS) is 14.1. The van der Waals surface area contributed by atoms with E-state index in [1.807, 2.05) is 48.0 Å². The molecule has 0 unspecified atom stereocenters. The monoisotopic (exact) mass is 361 g/mol. The molecule has 1 aliphatic rings. The Morgan fingerprint density at radius 2 is 1.89 bits per heavy atom.